The van der Waals surface area contributed by atoms with Crippen molar-refractivity contribution in [2.24, 2.45) is 5.92 Å². The van der Waals surface area contributed by atoms with E-state index in [2.05, 4.69) is 31.0 Å². The number of rotatable bonds is 6. The fourth-order valence-electron chi connectivity index (χ4n) is 1.56. The first kappa shape index (κ1) is 13.5. The Balaban J connectivity index is 4.30. The summed E-state index contributed by atoms with van der Waals surface area (Å²) in [5.41, 5.74) is 0. The van der Waals surface area contributed by atoms with Crippen molar-refractivity contribution in [2.45, 2.75) is 46.3 Å². The molecule has 0 saturated carbocycles. The molecule has 0 saturated heterocycles. The van der Waals surface area contributed by atoms with Crippen LogP contribution >= 0.6 is 0 Å². The Morgan fingerprint density at radius 3 is 2.36 bits per heavy atom. The van der Waals surface area contributed by atoms with Gasteiger partial charge in [-0.3, -0.25) is 0 Å². The smallest absolute Gasteiger partial charge is 0.0759 e. The highest BCUT2D eigenvalue weighted by Crippen LogP contribution is 2.13. The van der Waals surface area contributed by atoms with Crippen LogP contribution in [0.3, 0.4) is 0 Å². The number of hydrogen-bond acceptors (Lipinski definition) is 2. The van der Waals surface area contributed by atoms with Crippen LogP contribution in [0.1, 0.15) is 34.1 Å². The van der Waals surface area contributed by atoms with Gasteiger partial charge in [-0.15, -0.1) is 11.8 Å². The number of ether oxygens (including phenoxy) is 1. The minimum absolute atomic E-state index is 0.255. The normalized spacial score (nSPS) is 14.7. The van der Waals surface area contributed by atoms with Crippen molar-refractivity contribution in [2.75, 3.05) is 13.7 Å². The van der Waals surface area contributed by atoms with E-state index in [1.807, 2.05) is 20.9 Å². The molecule has 0 aliphatic carbocycles. The van der Waals surface area contributed by atoms with Crippen molar-refractivity contribution >= 4 is 0 Å². The molecule has 82 valence electrons. The zero-order valence-electron chi connectivity index (χ0n) is 10.1. The second-order valence-corrected chi connectivity index (χ2v) is 3.69. The Kier molecular flexibility index (Phi) is 7.55. The molecule has 14 heavy (non-hydrogen) atoms. The lowest BCUT2D eigenvalue weighted by atomic mass is 9.97. The van der Waals surface area contributed by atoms with Crippen LogP contribution in [-0.4, -0.2) is 25.8 Å². The van der Waals surface area contributed by atoms with Gasteiger partial charge in [0.15, 0.2) is 0 Å². The van der Waals surface area contributed by atoms with E-state index < -0.39 is 0 Å². The first-order valence-electron chi connectivity index (χ1n) is 5.35. The second-order valence-electron chi connectivity index (χ2n) is 3.69. The first-order valence-corrected chi connectivity index (χ1v) is 5.35. The quantitative estimate of drug-likeness (QED) is 0.658. The van der Waals surface area contributed by atoms with Crippen LogP contribution < -0.4 is 5.32 Å². The first-order chi connectivity index (χ1) is 6.67. The van der Waals surface area contributed by atoms with Crippen molar-refractivity contribution in [1.82, 2.24) is 5.32 Å². The maximum Gasteiger partial charge on any atom is 0.0759 e. The third kappa shape index (κ3) is 4.64. The van der Waals surface area contributed by atoms with Gasteiger partial charge in [-0.05, 0) is 26.8 Å². The van der Waals surface area contributed by atoms with Gasteiger partial charge in [0.05, 0.1) is 6.10 Å². The van der Waals surface area contributed by atoms with Gasteiger partial charge in [0.1, 0.15) is 0 Å². The third-order valence-electron chi connectivity index (χ3n) is 2.28. The molecule has 0 aliphatic rings. The standard InChI is InChI=1S/C12H23NO/c1-6-8-9-11(13-5)12(10(3)4)14-7-2/h10-13H,7,9H2,1-5H3. The van der Waals surface area contributed by atoms with Gasteiger partial charge in [-0.1, -0.05) is 13.8 Å². The van der Waals surface area contributed by atoms with E-state index in [0.29, 0.717) is 12.0 Å². The molecule has 0 fully saturated rings. The topological polar surface area (TPSA) is 21.3 Å². The van der Waals surface area contributed by atoms with Crippen molar-refractivity contribution in [1.29, 1.82) is 0 Å². The number of nitrogens with one attached hydrogen (secondary N) is 1. The fourth-order valence-corrected chi connectivity index (χ4v) is 1.56. The Bertz CT molecular complexity index is 190. The predicted octanol–water partition coefficient (Wildman–Crippen LogP) is 2.05. The highest BCUT2D eigenvalue weighted by molar-refractivity contribution is 5.00. The maximum atomic E-state index is 5.72. The summed E-state index contributed by atoms with van der Waals surface area (Å²) >= 11 is 0. The van der Waals surface area contributed by atoms with Gasteiger partial charge in [0.2, 0.25) is 0 Å². The molecule has 2 unspecified atom stereocenters. The molecular weight excluding hydrogens is 174 g/mol. The minimum atomic E-state index is 0.255. The summed E-state index contributed by atoms with van der Waals surface area (Å²) in [4.78, 5) is 0. The van der Waals surface area contributed by atoms with E-state index in [-0.39, 0.29) is 6.10 Å². The van der Waals surface area contributed by atoms with Crippen LogP contribution in [0, 0.1) is 17.8 Å². The summed E-state index contributed by atoms with van der Waals surface area (Å²) in [6.45, 7) is 9.04. The van der Waals surface area contributed by atoms with Gasteiger partial charge >= 0.3 is 0 Å². The zero-order chi connectivity index (χ0) is 11.0. The Hall–Kier alpha value is -0.520. The molecule has 0 aromatic carbocycles. The largest absolute Gasteiger partial charge is 0.377 e. The molecule has 1 N–H and O–H groups in total. The SMILES string of the molecule is CC#CCC(NC)C(OCC)C(C)C. The van der Waals surface area contributed by atoms with Crippen molar-refractivity contribution in [3.05, 3.63) is 0 Å². The third-order valence-corrected chi connectivity index (χ3v) is 2.28. The average Bonchev–Trinajstić information content (AvgIpc) is 2.17. The summed E-state index contributed by atoms with van der Waals surface area (Å²) in [6, 6.07) is 0.336. The molecule has 2 atom stereocenters. The van der Waals surface area contributed by atoms with Gasteiger partial charge in [0, 0.05) is 19.1 Å². The van der Waals surface area contributed by atoms with Crippen molar-refractivity contribution in [3.8, 4) is 11.8 Å². The summed E-state index contributed by atoms with van der Waals surface area (Å²) < 4.78 is 5.72. The van der Waals surface area contributed by atoms with Crippen LogP contribution in [-0.2, 0) is 4.74 Å². The summed E-state index contributed by atoms with van der Waals surface area (Å²) in [7, 11) is 1.97. The average molecular weight is 197 g/mol. The van der Waals surface area contributed by atoms with E-state index in [1.54, 1.807) is 0 Å². The molecule has 0 heterocycles. The second kappa shape index (κ2) is 7.84. The van der Waals surface area contributed by atoms with E-state index in [9.17, 15) is 0 Å². The number of likely N-dealkylation sites (N-methyl/N-ethyl adjacent to an activating group) is 1. The Labute approximate surface area is 88.4 Å². The minimum Gasteiger partial charge on any atom is -0.377 e. The van der Waals surface area contributed by atoms with Crippen LogP contribution in [0.5, 0.6) is 0 Å². The Morgan fingerprint density at radius 1 is 1.36 bits per heavy atom. The molecule has 0 amide bonds. The lowest BCUT2D eigenvalue weighted by molar-refractivity contribution is 0.00645. The molecule has 0 aromatic heterocycles. The van der Waals surface area contributed by atoms with E-state index in [0.717, 1.165) is 13.0 Å². The highest BCUT2D eigenvalue weighted by atomic mass is 16.5. The van der Waals surface area contributed by atoms with Gasteiger partial charge in [-0.25, -0.2) is 0 Å². The van der Waals surface area contributed by atoms with E-state index >= 15 is 0 Å². The molecule has 0 aromatic rings. The van der Waals surface area contributed by atoms with Crippen LogP contribution in [0.4, 0.5) is 0 Å². The van der Waals surface area contributed by atoms with Gasteiger partial charge < -0.3 is 10.1 Å². The fraction of sp³-hybridized carbons (Fsp3) is 0.833. The predicted molar refractivity (Wildman–Crippen MR) is 61.2 cm³/mol. The zero-order valence-corrected chi connectivity index (χ0v) is 10.1. The maximum absolute atomic E-state index is 5.72. The molecule has 2 heteroatoms. The Morgan fingerprint density at radius 2 is 2.00 bits per heavy atom. The van der Waals surface area contributed by atoms with E-state index in [4.69, 9.17) is 4.74 Å². The van der Waals surface area contributed by atoms with Crippen LogP contribution in [0.25, 0.3) is 0 Å². The van der Waals surface area contributed by atoms with Crippen molar-refractivity contribution < 1.29 is 4.74 Å². The highest BCUT2D eigenvalue weighted by Gasteiger charge is 2.22. The monoisotopic (exact) mass is 197 g/mol. The summed E-state index contributed by atoms with van der Waals surface area (Å²) in [6.07, 6.45) is 1.11. The van der Waals surface area contributed by atoms with Gasteiger partial charge in [-0.2, -0.15) is 0 Å². The van der Waals surface area contributed by atoms with E-state index in [1.165, 1.54) is 0 Å². The lowest BCUT2D eigenvalue weighted by Gasteiger charge is -2.28. The van der Waals surface area contributed by atoms with Crippen LogP contribution in [0.15, 0.2) is 0 Å². The lowest BCUT2D eigenvalue weighted by Crippen LogP contribution is -2.42. The number of hydrogen-bond donors (Lipinski definition) is 1. The molecular formula is C12H23NO. The molecule has 0 spiro atoms. The van der Waals surface area contributed by atoms with Crippen LogP contribution in [0.2, 0.25) is 0 Å². The molecule has 0 aliphatic heterocycles. The molecule has 0 bridgehead atoms. The summed E-state index contributed by atoms with van der Waals surface area (Å²) in [5.74, 6) is 6.54. The van der Waals surface area contributed by atoms with Crippen molar-refractivity contribution in [3.63, 3.8) is 0 Å². The summed E-state index contributed by atoms with van der Waals surface area (Å²) in [5, 5.41) is 3.28. The van der Waals surface area contributed by atoms with Gasteiger partial charge in [0.25, 0.3) is 0 Å². The molecule has 0 radical (unpaired) electrons. The molecule has 2 nitrogen and oxygen atoms in total. The molecule has 0 rings (SSSR count).